The molecule has 2 aromatic carbocycles. The number of hydrogen-bond donors (Lipinski definition) is 3. The zero-order valence-corrected chi connectivity index (χ0v) is 13.7. The number of halogens is 1. The Morgan fingerprint density at radius 2 is 1.76 bits per heavy atom. The zero-order chi connectivity index (χ0) is 18.0. The maximum atomic E-state index is 13.6. The molecule has 0 unspecified atom stereocenters. The van der Waals surface area contributed by atoms with Gasteiger partial charge in [-0.2, -0.15) is 0 Å². The first-order chi connectivity index (χ1) is 12.0. The summed E-state index contributed by atoms with van der Waals surface area (Å²) in [5.41, 5.74) is 7.31. The summed E-state index contributed by atoms with van der Waals surface area (Å²) in [4.78, 5) is 14.3. The smallest absolute Gasteiger partial charge is 0.244 e. The Labute approximate surface area is 145 Å². The van der Waals surface area contributed by atoms with Crippen LogP contribution in [0.3, 0.4) is 0 Å². The minimum absolute atomic E-state index is 0.0629. The van der Waals surface area contributed by atoms with E-state index in [4.69, 9.17) is 5.73 Å². The van der Waals surface area contributed by atoms with E-state index in [9.17, 15) is 19.4 Å². The highest BCUT2D eigenvalue weighted by Gasteiger charge is 2.29. The lowest BCUT2D eigenvalue weighted by molar-refractivity contribution is -0.133. The molecule has 0 bridgehead atoms. The van der Waals surface area contributed by atoms with Crippen molar-refractivity contribution in [1.29, 1.82) is 0 Å². The van der Waals surface area contributed by atoms with Crippen molar-refractivity contribution in [3.63, 3.8) is 0 Å². The number of nitrogens with two attached hydrogens (primary N) is 1. The number of hydrogen-bond acceptors (Lipinski definition) is 4. The van der Waals surface area contributed by atoms with Gasteiger partial charge in [-0.1, -0.05) is 30.3 Å². The number of benzene rings is 2. The van der Waals surface area contributed by atoms with Crippen LogP contribution in [0.5, 0.6) is 11.5 Å². The molecule has 0 radical (unpaired) electrons. The van der Waals surface area contributed by atoms with E-state index < -0.39 is 17.6 Å². The van der Waals surface area contributed by atoms with Gasteiger partial charge in [-0.05, 0) is 30.4 Å². The molecule has 0 aromatic heterocycles. The molecule has 132 valence electrons. The van der Waals surface area contributed by atoms with Crippen molar-refractivity contribution in [3.05, 3.63) is 59.4 Å². The van der Waals surface area contributed by atoms with Crippen LogP contribution in [-0.2, 0) is 4.79 Å². The van der Waals surface area contributed by atoms with Crippen molar-refractivity contribution >= 4 is 5.91 Å². The lowest BCUT2D eigenvalue weighted by Gasteiger charge is -2.34. The van der Waals surface area contributed by atoms with Gasteiger partial charge in [0.25, 0.3) is 0 Å². The molecule has 0 aliphatic carbocycles. The Morgan fingerprint density at radius 1 is 1.12 bits per heavy atom. The number of aromatic hydroxyl groups is 2. The minimum Gasteiger partial charge on any atom is -0.508 e. The van der Waals surface area contributed by atoms with Crippen molar-refractivity contribution in [3.8, 4) is 11.5 Å². The van der Waals surface area contributed by atoms with E-state index in [2.05, 4.69) is 0 Å². The van der Waals surface area contributed by atoms with Gasteiger partial charge in [0.15, 0.2) is 11.6 Å². The summed E-state index contributed by atoms with van der Waals surface area (Å²) in [6.07, 6.45) is 1.20. The average Bonchev–Trinajstić information content (AvgIpc) is 2.64. The average molecular weight is 344 g/mol. The van der Waals surface area contributed by atoms with Gasteiger partial charge in [-0.25, -0.2) is 4.39 Å². The maximum absolute atomic E-state index is 13.6. The van der Waals surface area contributed by atoms with E-state index in [1.165, 1.54) is 6.07 Å². The molecule has 1 amide bonds. The van der Waals surface area contributed by atoms with E-state index >= 15 is 0 Å². The molecule has 1 atom stereocenters. The number of carbonyl (C=O) groups is 1. The summed E-state index contributed by atoms with van der Waals surface area (Å²) in [5.74, 6) is -1.64. The quantitative estimate of drug-likeness (QED) is 0.799. The van der Waals surface area contributed by atoms with Crippen molar-refractivity contribution < 1.29 is 19.4 Å². The topological polar surface area (TPSA) is 86.8 Å². The fourth-order valence-corrected chi connectivity index (χ4v) is 3.30. The standard InChI is InChI=1S/C19H21FN2O3/c20-15-10-14(16(23)11-17(15)24)12-6-8-22(9-7-12)19(25)18(21)13-4-2-1-3-5-13/h1-5,10-12,18,23-24H,6-9,21H2/t18-/m1/s1. The van der Waals surface area contributed by atoms with Gasteiger partial charge in [0.2, 0.25) is 5.91 Å². The van der Waals surface area contributed by atoms with E-state index in [1.54, 1.807) is 4.90 Å². The van der Waals surface area contributed by atoms with E-state index in [0.717, 1.165) is 11.6 Å². The Balaban J connectivity index is 1.66. The van der Waals surface area contributed by atoms with E-state index in [1.807, 2.05) is 30.3 Å². The molecule has 5 nitrogen and oxygen atoms in total. The Morgan fingerprint density at radius 3 is 2.40 bits per heavy atom. The molecule has 4 N–H and O–H groups in total. The van der Waals surface area contributed by atoms with Gasteiger partial charge < -0.3 is 20.8 Å². The summed E-state index contributed by atoms with van der Waals surface area (Å²) < 4.78 is 13.6. The van der Waals surface area contributed by atoms with Gasteiger partial charge in [0.1, 0.15) is 11.8 Å². The van der Waals surface area contributed by atoms with Crippen LogP contribution in [-0.4, -0.2) is 34.1 Å². The lowest BCUT2D eigenvalue weighted by atomic mass is 9.88. The summed E-state index contributed by atoms with van der Waals surface area (Å²) in [6.45, 7) is 0.984. The molecule has 1 aliphatic rings. The van der Waals surface area contributed by atoms with Gasteiger partial charge in [-0.3, -0.25) is 4.79 Å². The molecular weight excluding hydrogens is 323 g/mol. The van der Waals surface area contributed by atoms with E-state index in [-0.39, 0.29) is 17.6 Å². The van der Waals surface area contributed by atoms with Gasteiger partial charge in [0, 0.05) is 24.7 Å². The van der Waals surface area contributed by atoms with Crippen LogP contribution in [0.25, 0.3) is 0 Å². The molecule has 25 heavy (non-hydrogen) atoms. The third-order valence-electron chi connectivity index (χ3n) is 4.77. The highest BCUT2D eigenvalue weighted by atomic mass is 19.1. The van der Waals surface area contributed by atoms with Crippen LogP contribution in [0.2, 0.25) is 0 Å². The zero-order valence-electron chi connectivity index (χ0n) is 13.7. The first-order valence-electron chi connectivity index (χ1n) is 8.28. The monoisotopic (exact) mass is 344 g/mol. The highest BCUT2D eigenvalue weighted by molar-refractivity contribution is 5.83. The number of rotatable bonds is 3. The van der Waals surface area contributed by atoms with Crippen LogP contribution < -0.4 is 5.73 Å². The predicted molar refractivity (Wildman–Crippen MR) is 91.7 cm³/mol. The van der Waals surface area contributed by atoms with Crippen LogP contribution in [0.1, 0.15) is 35.9 Å². The first kappa shape index (κ1) is 17.2. The van der Waals surface area contributed by atoms with Gasteiger partial charge in [-0.15, -0.1) is 0 Å². The molecular formula is C19H21FN2O3. The third-order valence-corrected chi connectivity index (χ3v) is 4.77. The highest BCUT2D eigenvalue weighted by Crippen LogP contribution is 2.37. The van der Waals surface area contributed by atoms with Crippen molar-refractivity contribution in [1.82, 2.24) is 4.90 Å². The van der Waals surface area contributed by atoms with Crippen molar-refractivity contribution in [2.24, 2.45) is 5.73 Å². The number of amides is 1. The summed E-state index contributed by atoms with van der Waals surface area (Å²) in [7, 11) is 0. The molecule has 1 aliphatic heterocycles. The molecule has 6 heteroatoms. The molecule has 3 rings (SSSR count). The Bertz CT molecular complexity index is 759. The predicted octanol–water partition coefficient (Wildman–Crippen LogP) is 2.64. The maximum Gasteiger partial charge on any atom is 0.244 e. The number of nitrogens with zero attached hydrogens (tertiary/aromatic N) is 1. The van der Waals surface area contributed by atoms with Crippen LogP contribution in [0.15, 0.2) is 42.5 Å². The van der Waals surface area contributed by atoms with Crippen molar-refractivity contribution in [2.75, 3.05) is 13.1 Å². The molecule has 1 saturated heterocycles. The largest absolute Gasteiger partial charge is 0.508 e. The Hall–Kier alpha value is -2.60. The lowest BCUT2D eigenvalue weighted by Crippen LogP contribution is -2.42. The first-order valence-corrected chi connectivity index (χ1v) is 8.28. The molecule has 1 fully saturated rings. The molecule has 0 spiro atoms. The normalized spacial score (nSPS) is 16.6. The summed E-state index contributed by atoms with van der Waals surface area (Å²) >= 11 is 0. The summed E-state index contributed by atoms with van der Waals surface area (Å²) in [5, 5.41) is 19.3. The minimum atomic E-state index is -0.752. The third kappa shape index (κ3) is 3.58. The number of likely N-dealkylation sites (tertiary alicyclic amines) is 1. The molecule has 1 heterocycles. The Kier molecular flexibility index (Phi) is 4.90. The fraction of sp³-hybridized carbons (Fsp3) is 0.316. The van der Waals surface area contributed by atoms with Crippen molar-refractivity contribution in [2.45, 2.75) is 24.8 Å². The molecule has 0 saturated carbocycles. The SMILES string of the molecule is N[C@@H](C(=O)N1CCC(c2cc(F)c(O)cc2O)CC1)c1ccccc1. The molecule has 2 aromatic rings. The van der Waals surface area contributed by atoms with Gasteiger partial charge >= 0.3 is 0 Å². The second-order valence-electron chi connectivity index (χ2n) is 6.35. The second-order valence-corrected chi connectivity index (χ2v) is 6.35. The number of phenolic OH excluding ortho intramolecular Hbond substituents is 2. The number of piperidine rings is 1. The van der Waals surface area contributed by atoms with Crippen LogP contribution in [0.4, 0.5) is 4.39 Å². The number of carbonyl (C=O) groups excluding carboxylic acids is 1. The second kappa shape index (κ2) is 7.11. The summed E-state index contributed by atoms with van der Waals surface area (Å²) in [6, 6.07) is 10.7. The van der Waals surface area contributed by atoms with E-state index in [0.29, 0.717) is 31.5 Å². The fourth-order valence-electron chi connectivity index (χ4n) is 3.30. The van der Waals surface area contributed by atoms with Crippen LogP contribution >= 0.6 is 0 Å². The van der Waals surface area contributed by atoms with Crippen LogP contribution in [0, 0.1) is 5.82 Å². The van der Waals surface area contributed by atoms with Gasteiger partial charge in [0.05, 0.1) is 0 Å². The number of phenols is 2.